The van der Waals surface area contributed by atoms with Crippen LogP contribution in [0, 0.1) is 6.92 Å². The first-order chi connectivity index (χ1) is 17.9. The third kappa shape index (κ3) is 4.17. The zero-order valence-corrected chi connectivity index (χ0v) is 21.3. The number of nitrogens with zero attached hydrogens (tertiary/aromatic N) is 6. The third-order valence-corrected chi connectivity index (χ3v) is 7.29. The van der Waals surface area contributed by atoms with Gasteiger partial charge >= 0.3 is 5.69 Å². The zero-order chi connectivity index (χ0) is 25.7. The van der Waals surface area contributed by atoms with Crippen LogP contribution >= 0.6 is 0 Å². The second kappa shape index (κ2) is 9.11. The number of hydrogen-bond acceptors (Lipinski definition) is 7. The van der Waals surface area contributed by atoms with Crippen LogP contribution in [-0.2, 0) is 27.2 Å². The van der Waals surface area contributed by atoms with E-state index in [9.17, 15) is 9.59 Å². The van der Waals surface area contributed by atoms with Crippen molar-refractivity contribution >= 4 is 17.1 Å². The molecule has 10 heteroatoms. The predicted octanol–water partition coefficient (Wildman–Crippen LogP) is 1.84. The maximum atomic E-state index is 13.2. The van der Waals surface area contributed by atoms with Crippen LogP contribution in [0.3, 0.4) is 0 Å². The lowest BCUT2D eigenvalue weighted by molar-refractivity contribution is 0.174. The Kier molecular flexibility index (Phi) is 5.75. The van der Waals surface area contributed by atoms with E-state index in [1.54, 1.807) is 7.05 Å². The minimum absolute atomic E-state index is 0.274. The molecule has 0 N–H and O–H groups in total. The Labute approximate surface area is 213 Å². The highest BCUT2D eigenvalue weighted by atomic mass is 16.7. The van der Waals surface area contributed by atoms with Crippen molar-refractivity contribution in [1.29, 1.82) is 0 Å². The molecule has 0 unspecified atom stereocenters. The summed E-state index contributed by atoms with van der Waals surface area (Å²) in [5.41, 5.74) is 3.59. The molecule has 0 radical (unpaired) electrons. The predicted molar refractivity (Wildman–Crippen MR) is 141 cm³/mol. The first-order valence-corrected chi connectivity index (χ1v) is 12.5. The van der Waals surface area contributed by atoms with Crippen LogP contribution in [0.2, 0.25) is 0 Å². The van der Waals surface area contributed by atoms with Crippen LogP contribution in [0.5, 0.6) is 11.5 Å². The number of piperazine rings is 1. The Bertz CT molecular complexity index is 1590. The van der Waals surface area contributed by atoms with Crippen molar-refractivity contribution in [2.45, 2.75) is 20.0 Å². The minimum Gasteiger partial charge on any atom is -0.454 e. The van der Waals surface area contributed by atoms with Crippen molar-refractivity contribution in [1.82, 2.24) is 23.6 Å². The molecule has 6 rings (SSSR count). The number of imidazole rings is 1. The van der Waals surface area contributed by atoms with E-state index in [-0.39, 0.29) is 18.0 Å². The van der Waals surface area contributed by atoms with Crippen LogP contribution in [-0.4, -0.2) is 56.6 Å². The summed E-state index contributed by atoms with van der Waals surface area (Å²) in [4.78, 5) is 35.3. The van der Waals surface area contributed by atoms with Gasteiger partial charge in [0.15, 0.2) is 22.7 Å². The summed E-state index contributed by atoms with van der Waals surface area (Å²) in [6.07, 6.45) is 0. The van der Waals surface area contributed by atoms with Gasteiger partial charge in [-0.05, 0) is 30.2 Å². The Morgan fingerprint density at radius 2 is 1.54 bits per heavy atom. The van der Waals surface area contributed by atoms with Gasteiger partial charge in [-0.2, -0.15) is 4.98 Å². The first kappa shape index (κ1) is 23.4. The molecule has 0 saturated carbocycles. The molecule has 2 aromatic heterocycles. The van der Waals surface area contributed by atoms with Crippen LogP contribution in [0.15, 0.2) is 52.1 Å². The maximum Gasteiger partial charge on any atom is 0.332 e. The molecule has 10 nitrogen and oxygen atoms in total. The molecule has 2 aliphatic heterocycles. The van der Waals surface area contributed by atoms with E-state index < -0.39 is 0 Å². The van der Waals surface area contributed by atoms with Crippen molar-refractivity contribution in [3.63, 3.8) is 0 Å². The molecular formula is C27H30N6O4. The van der Waals surface area contributed by atoms with E-state index in [1.165, 1.54) is 22.7 Å². The van der Waals surface area contributed by atoms with Gasteiger partial charge in [0.05, 0.1) is 6.54 Å². The molecule has 0 amide bonds. The van der Waals surface area contributed by atoms with E-state index in [2.05, 4.69) is 47.1 Å². The summed E-state index contributed by atoms with van der Waals surface area (Å²) in [5.74, 6) is 2.31. The fraction of sp³-hybridized carbons (Fsp3) is 0.370. The molecule has 0 spiro atoms. The van der Waals surface area contributed by atoms with E-state index >= 15 is 0 Å². The third-order valence-electron chi connectivity index (χ3n) is 7.29. The number of hydrogen-bond donors (Lipinski definition) is 0. The van der Waals surface area contributed by atoms with E-state index in [0.29, 0.717) is 17.7 Å². The minimum atomic E-state index is -0.377. The van der Waals surface area contributed by atoms with Crippen LogP contribution in [0.1, 0.15) is 16.7 Å². The smallest absolute Gasteiger partial charge is 0.332 e. The Morgan fingerprint density at radius 3 is 2.30 bits per heavy atom. The van der Waals surface area contributed by atoms with Gasteiger partial charge < -0.3 is 14.4 Å². The van der Waals surface area contributed by atoms with Gasteiger partial charge in [-0.15, -0.1) is 0 Å². The molecule has 37 heavy (non-hydrogen) atoms. The lowest BCUT2D eigenvalue weighted by Gasteiger charge is -2.35. The summed E-state index contributed by atoms with van der Waals surface area (Å²) < 4.78 is 15.5. The standard InChI is InChI=1S/C27H30N6O4/c1-18-4-6-19(7-5-18)16-33-23-24(29(2)27(35)30(3)25(23)34)28-26(33)32-12-10-31(11-13-32)15-20-8-9-21-22(14-20)37-17-36-21/h4-9,14H,10-13,15-17H2,1-3H3. The van der Waals surface area contributed by atoms with Crippen LogP contribution < -0.4 is 25.6 Å². The number of ether oxygens (including phenoxy) is 2. The number of fused-ring (bicyclic) bond motifs is 2. The molecule has 0 aliphatic carbocycles. The average molecular weight is 503 g/mol. The van der Waals surface area contributed by atoms with Gasteiger partial charge in [0, 0.05) is 46.8 Å². The topological polar surface area (TPSA) is 86.8 Å². The highest BCUT2D eigenvalue weighted by Crippen LogP contribution is 2.33. The highest BCUT2D eigenvalue weighted by Gasteiger charge is 2.26. The lowest BCUT2D eigenvalue weighted by atomic mass is 10.1. The molecule has 0 bridgehead atoms. The molecule has 1 fully saturated rings. The van der Waals surface area contributed by atoms with E-state index in [0.717, 1.165) is 60.3 Å². The quantitative estimate of drug-likeness (QED) is 0.412. The zero-order valence-electron chi connectivity index (χ0n) is 21.3. The summed E-state index contributed by atoms with van der Waals surface area (Å²) in [6, 6.07) is 14.4. The van der Waals surface area contributed by atoms with Gasteiger partial charge in [-0.1, -0.05) is 35.9 Å². The van der Waals surface area contributed by atoms with Crippen LogP contribution in [0.25, 0.3) is 11.2 Å². The molecule has 0 atom stereocenters. The van der Waals surface area contributed by atoms with Crippen molar-refractivity contribution in [3.05, 3.63) is 80.0 Å². The normalized spacial score (nSPS) is 15.6. The van der Waals surface area contributed by atoms with Crippen molar-refractivity contribution in [2.75, 3.05) is 37.9 Å². The molecule has 1 saturated heterocycles. The molecule has 192 valence electrons. The number of benzene rings is 2. The SMILES string of the molecule is Cc1ccc(Cn2c(N3CCN(Cc4ccc5c(c4)OCO5)CC3)nc3c2c(=O)n(C)c(=O)n3C)cc1. The Morgan fingerprint density at radius 1 is 0.838 bits per heavy atom. The molecular weight excluding hydrogens is 472 g/mol. The maximum absolute atomic E-state index is 13.2. The number of aromatic nitrogens is 4. The lowest BCUT2D eigenvalue weighted by Crippen LogP contribution is -2.47. The van der Waals surface area contributed by atoms with Crippen molar-refractivity contribution in [2.24, 2.45) is 14.1 Å². The fourth-order valence-corrected chi connectivity index (χ4v) is 5.11. The number of aryl methyl sites for hydroxylation is 2. The van der Waals surface area contributed by atoms with Crippen molar-refractivity contribution < 1.29 is 9.47 Å². The summed E-state index contributed by atoms with van der Waals surface area (Å²) in [5, 5.41) is 0. The van der Waals surface area contributed by atoms with Gasteiger partial charge in [0.25, 0.3) is 5.56 Å². The van der Waals surface area contributed by atoms with Crippen molar-refractivity contribution in [3.8, 4) is 11.5 Å². The monoisotopic (exact) mass is 502 g/mol. The van der Waals surface area contributed by atoms with E-state index in [1.807, 2.05) is 16.7 Å². The molecule has 4 aromatic rings. The molecule has 2 aromatic carbocycles. The van der Waals surface area contributed by atoms with Crippen LogP contribution in [0.4, 0.5) is 5.95 Å². The van der Waals surface area contributed by atoms with Gasteiger partial charge in [0.2, 0.25) is 12.7 Å². The fourth-order valence-electron chi connectivity index (χ4n) is 5.11. The summed E-state index contributed by atoms with van der Waals surface area (Å²) in [7, 11) is 3.18. The summed E-state index contributed by atoms with van der Waals surface area (Å²) >= 11 is 0. The summed E-state index contributed by atoms with van der Waals surface area (Å²) in [6.45, 7) is 6.85. The Balaban J connectivity index is 1.30. The van der Waals surface area contributed by atoms with Gasteiger partial charge in [0.1, 0.15) is 0 Å². The molecule has 4 heterocycles. The molecule has 2 aliphatic rings. The van der Waals surface area contributed by atoms with E-state index in [4.69, 9.17) is 14.5 Å². The number of rotatable bonds is 5. The Hall–Kier alpha value is -4.05. The second-order valence-electron chi connectivity index (χ2n) is 9.81. The largest absolute Gasteiger partial charge is 0.454 e. The first-order valence-electron chi connectivity index (χ1n) is 12.5. The van der Waals surface area contributed by atoms with Gasteiger partial charge in [-0.3, -0.25) is 23.4 Å². The number of anilines is 1. The van der Waals surface area contributed by atoms with Gasteiger partial charge in [-0.25, -0.2) is 4.79 Å². The average Bonchev–Trinajstić information content (AvgIpc) is 3.53. The second-order valence-corrected chi connectivity index (χ2v) is 9.81. The highest BCUT2D eigenvalue weighted by molar-refractivity contribution is 5.75.